The van der Waals surface area contributed by atoms with E-state index in [1.54, 1.807) is 0 Å². The zero-order valence-electron chi connectivity index (χ0n) is 16.0. The number of pyridine rings is 1. The van der Waals surface area contributed by atoms with E-state index in [-0.39, 0.29) is 53.2 Å². The first-order valence-corrected chi connectivity index (χ1v) is 8.28. The summed E-state index contributed by atoms with van der Waals surface area (Å²) in [6.07, 6.45) is -2.84. The number of carbonyl (C=O) groups excluding carboxylic acids is 1. The van der Waals surface area contributed by atoms with Crippen LogP contribution in [0.25, 0.3) is 22.4 Å². The van der Waals surface area contributed by atoms with Crippen LogP contribution >= 0.6 is 0 Å². The molecule has 11 heteroatoms. The van der Waals surface area contributed by atoms with E-state index in [0.29, 0.717) is 5.56 Å². The molecule has 2 heterocycles. The second-order valence-electron chi connectivity index (χ2n) is 6.00. The van der Waals surface area contributed by atoms with Gasteiger partial charge in [0.2, 0.25) is 11.8 Å². The number of aryl methyl sites for hydroxylation is 1. The number of carboxylic acid groups (broad SMARTS) is 1. The van der Waals surface area contributed by atoms with Crippen molar-refractivity contribution in [2.75, 3.05) is 12.3 Å². The number of benzene rings is 1. The maximum atomic E-state index is 13.3. The van der Waals surface area contributed by atoms with Crippen molar-refractivity contribution >= 4 is 11.9 Å². The van der Waals surface area contributed by atoms with Gasteiger partial charge in [-0.25, -0.2) is 18.2 Å². The van der Waals surface area contributed by atoms with Gasteiger partial charge in [-0.2, -0.15) is 4.98 Å². The molecule has 0 saturated carbocycles. The van der Waals surface area contributed by atoms with Gasteiger partial charge in [0.25, 0.3) is 6.43 Å². The average molecular weight is 410 g/mol. The summed E-state index contributed by atoms with van der Waals surface area (Å²) < 4.78 is 45.0. The molecule has 0 saturated heterocycles. The van der Waals surface area contributed by atoms with Gasteiger partial charge in [0.15, 0.2) is 0 Å². The fraction of sp³-hybridized carbons (Fsp3) is 0.158. The molecule has 0 aliphatic heterocycles. The van der Waals surface area contributed by atoms with Crippen LogP contribution in [-0.4, -0.2) is 27.5 Å². The normalized spacial score (nSPS) is 10.6. The van der Waals surface area contributed by atoms with Gasteiger partial charge in [0.1, 0.15) is 18.1 Å². The van der Waals surface area contributed by atoms with Crippen LogP contribution in [0, 0.1) is 12.7 Å². The summed E-state index contributed by atoms with van der Waals surface area (Å²) in [6.45, 7) is 0.672. The predicted octanol–water partition coefficient (Wildman–Crippen LogP) is -0.694. The van der Waals surface area contributed by atoms with Crippen LogP contribution in [0.2, 0.25) is 0 Å². The van der Waals surface area contributed by atoms with Crippen LogP contribution in [0.3, 0.4) is 0 Å². The molecule has 0 aliphatic carbocycles. The Morgan fingerprint density at radius 1 is 1.13 bits per heavy atom. The predicted molar refractivity (Wildman–Crippen MR) is 95.3 cm³/mol. The number of nitrogens with two attached hydrogens (primary N) is 1. The SMILES string of the molecule is Cc1cc(-c2c(OCC(=O)[O-])nc(N)nc2-c2ccc(F)cc2)cc(C(F)F)n1.[Li+]. The third kappa shape index (κ3) is 5.28. The van der Waals surface area contributed by atoms with Crippen LogP contribution in [0.5, 0.6) is 5.88 Å². The average Bonchev–Trinajstić information content (AvgIpc) is 2.65. The summed E-state index contributed by atoms with van der Waals surface area (Å²) in [5.74, 6) is -2.51. The molecule has 0 fully saturated rings. The molecular weight excluding hydrogens is 396 g/mol. The standard InChI is InChI=1S/C19H15F3N4O3.Li/c1-9-6-11(7-13(24-9)17(21)22)15-16(10-2-4-12(20)5-3-10)25-19(23)26-18(15)29-8-14(27)28;/h2-7,17H,8H2,1H3,(H,27,28)(H2,23,25,26);/q;+1/p-1. The summed E-state index contributed by atoms with van der Waals surface area (Å²) in [6, 6.07) is 7.78. The third-order valence-corrected chi connectivity index (χ3v) is 3.82. The van der Waals surface area contributed by atoms with Gasteiger partial charge in [-0.05, 0) is 48.9 Å². The number of rotatable bonds is 6. The van der Waals surface area contributed by atoms with E-state index in [0.717, 1.165) is 6.07 Å². The van der Waals surface area contributed by atoms with E-state index in [2.05, 4.69) is 15.0 Å². The van der Waals surface area contributed by atoms with Gasteiger partial charge < -0.3 is 20.4 Å². The van der Waals surface area contributed by atoms with Gasteiger partial charge in [0, 0.05) is 11.3 Å². The van der Waals surface area contributed by atoms with Crippen molar-refractivity contribution in [3.63, 3.8) is 0 Å². The van der Waals surface area contributed by atoms with Crippen LogP contribution in [0.1, 0.15) is 17.8 Å². The molecule has 0 unspecified atom stereocenters. The van der Waals surface area contributed by atoms with Crippen molar-refractivity contribution in [1.82, 2.24) is 15.0 Å². The topological polar surface area (TPSA) is 114 Å². The van der Waals surface area contributed by atoms with Crippen molar-refractivity contribution in [1.29, 1.82) is 0 Å². The summed E-state index contributed by atoms with van der Waals surface area (Å²) >= 11 is 0. The minimum Gasteiger partial charge on any atom is -0.546 e. The first-order valence-electron chi connectivity index (χ1n) is 8.28. The number of halogens is 3. The van der Waals surface area contributed by atoms with Gasteiger partial charge in [-0.15, -0.1) is 0 Å². The fourth-order valence-corrected chi connectivity index (χ4v) is 2.72. The number of carbonyl (C=O) groups is 1. The molecule has 150 valence electrons. The minimum atomic E-state index is -2.84. The van der Waals surface area contributed by atoms with Gasteiger partial charge >= 0.3 is 18.9 Å². The molecule has 7 nitrogen and oxygen atoms in total. The summed E-state index contributed by atoms with van der Waals surface area (Å²) in [5, 5.41) is 10.8. The van der Waals surface area contributed by atoms with Crippen molar-refractivity contribution in [2.24, 2.45) is 0 Å². The van der Waals surface area contributed by atoms with Gasteiger partial charge in [0.05, 0.1) is 17.2 Å². The Bertz CT molecular complexity index is 1070. The number of ether oxygens (including phenoxy) is 1. The number of anilines is 1. The van der Waals surface area contributed by atoms with Crippen LogP contribution in [0.4, 0.5) is 19.1 Å². The van der Waals surface area contributed by atoms with E-state index in [9.17, 15) is 23.1 Å². The van der Waals surface area contributed by atoms with E-state index >= 15 is 0 Å². The van der Waals surface area contributed by atoms with Crippen LogP contribution in [0.15, 0.2) is 36.4 Å². The molecule has 2 aromatic heterocycles. The Hall–Kier alpha value is -3.09. The largest absolute Gasteiger partial charge is 1.00 e. The Kier molecular flexibility index (Phi) is 7.42. The number of nitrogen functional groups attached to an aromatic ring is 1. The molecule has 1 aromatic carbocycles. The molecule has 0 atom stereocenters. The summed E-state index contributed by atoms with van der Waals surface area (Å²) in [7, 11) is 0. The zero-order valence-corrected chi connectivity index (χ0v) is 16.0. The number of alkyl halides is 2. The van der Waals surface area contributed by atoms with E-state index < -0.39 is 30.5 Å². The number of nitrogens with zero attached hydrogens (tertiary/aromatic N) is 3. The van der Waals surface area contributed by atoms with Crippen molar-refractivity contribution in [3.8, 4) is 28.3 Å². The number of aromatic nitrogens is 3. The van der Waals surface area contributed by atoms with Crippen LogP contribution < -0.4 is 34.4 Å². The van der Waals surface area contributed by atoms with E-state index in [1.807, 2.05) is 0 Å². The summed E-state index contributed by atoms with van der Waals surface area (Å²) in [4.78, 5) is 22.7. The number of hydrogen-bond donors (Lipinski definition) is 1. The van der Waals surface area contributed by atoms with Crippen molar-refractivity contribution < 1.29 is 46.7 Å². The fourth-order valence-electron chi connectivity index (χ4n) is 2.72. The number of hydrogen-bond acceptors (Lipinski definition) is 7. The Balaban J connectivity index is 0.00000320. The molecular formula is C19H14F3LiN4O3. The maximum Gasteiger partial charge on any atom is 1.00 e. The third-order valence-electron chi connectivity index (χ3n) is 3.82. The monoisotopic (exact) mass is 410 g/mol. The van der Waals surface area contributed by atoms with Gasteiger partial charge in [-0.3, -0.25) is 4.98 Å². The quantitative estimate of drug-likeness (QED) is 0.535. The Morgan fingerprint density at radius 2 is 1.80 bits per heavy atom. The molecule has 0 aliphatic rings. The molecule has 0 bridgehead atoms. The van der Waals surface area contributed by atoms with Gasteiger partial charge in [-0.1, -0.05) is 0 Å². The molecule has 3 aromatic rings. The van der Waals surface area contributed by atoms with E-state index in [1.165, 1.54) is 37.3 Å². The maximum absolute atomic E-state index is 13.3. The first kappa shape index (κ1) is 23.2. The van der Waals surface area contributed by atoms with Crippen molar-refractivity contribution in [3.05, 3.63) is 53.6 Å². The second kappa shape index (κ2) is 9.60. The molecule has 30 heavy (non-hydrogen) atoms. The Labute approximate surface area is 181 Å². The minimum absolute atomic E-state index is 0. The van der Waals surface area contributed by atoms with Crippen LogP contribution in [-0.2, 0) is 4.79 Å². The second-order valence-corrected chi connectivity index (χ2v) is 6.00. The zero-order chi connectivity index (χ0) is 21.1. The number of carboxylic acids is 1. The molecule has 2 N–H and O–H groups in total. The summed E-state index contributed by atoms with van der Waals surface area (Å²) in [5.41, 5.74) is 6.37. The number of aliphatic carboxylic acids is 1. The smallest absolute Gasteiger partial charge is 0.546 e. The van der Waals surface area contributed by atoms with Crippen molar-refractivity contribution in [2.45, 2.75) is 13.3 Å². The van der Waals surface area contributed by atoms with E-state index in [4.69, 9.17) is 10.5 Å². The molecule has 0 radical (unpaired) electrons. The molecule has 0 amide bonds. The molecule has 0 spiro atoms. The first-order chi connectivity index (χ1) is 13.7. The Morgan fingerprint density at radius 3 is 2.40 bits per heavy atom. The molecule has 3 rings (SSSR count).